The molecule has 0 aromatic rings. The van der Waals surface area contributed by atoms with Crippen LogP contribution < -0.4 is 22.7 Å². The molecule has 0 aliphatic rings. The molecule has 0 radical (unpaired) electrons. The zero-order valence-electron chi connectivity index (χ0n) is 4.39. The van der Waals surface area contributed by atoms with Crippen LogP contribution in [0.5, 0.6) is 0 Å². The smallest absolute Gasteiger partial charge is 0.0827 e. The fourth-order valence-corrected chi connectivity index (χ4v) is 0.152. The lowest BCUT2D eigenvalue weighted by atomic mass is 10.3. The van der Waals surface area contributed by atoms with Crippen molar-refractivity contribution in [1.82, 2.24) is 5.43 Å². The highest BCUT2D eigenvalue weighted by Gasteiger charge is 2.01. The normalized spacial score (nSPS) is 18.9. The van der Waals surface area contributed by atoms with Crippen molar-refractivity contribution in [3.63, 3.8) is 0 Å². The highest BCUT2D eigenvalue weighted by Crippen LogP contribution is 1.72. The quantitative estimate of drug-likeness (QED) is 0.187. The number of nitrogens with two attached hydrogens (primary N) is 3. The summed E-state index contributed by atoms with van der Waals surface area (Å²) >= 11 is 0. The molecule has 0 bridgehead atoms. The fourth-order valence-electron chi connectivity index (χ4n) is 0.152. The SMILES string of the molecule is CC(N)C(N)NN. The maximum atomic E-state index is 5.28. The summed E-state index contributed by atoms with van der Waals surface area (Å²) in [5, 5.41) is 0. The van der Waals surface area contributed by atoms with Crippen molar-refractivity contribution < 1.29 is 0 Å². The minimum Gasteiger partial charge on any atom is -0.325 e. The van der Waals surface area contributed by atoms with Gasteiger partial charge in [0, 0.05) is 6.04 Å². The van der Waals surface area contributed by atoms with Crippen LogP contribution in [0.15, 0.2) is 0 Å². The van der Waals surface area contributed by atoms with Crippen LogP contribution in [-0.2, 0) is 0 Å². The first-order valence-electron chi connectivity index (χ1n) is 2.15. The van der Waals surface area contributed by atoms with Gasteiger partial charge in [0.25, 0.3) is 0 Å². The summed E-state index contributed by atoms with van der Waals surface area (Å²) in [5.41, 5.74) is 12.9. The molecule has 0 amide bonds. The molecule has 4 heteroatoms. The van der Waals surface area contributed by atoms with Crippen molar-refractivity contribution >= 4 is 0 Å². The molecule has 0 aliphatic heterocycles. The number of nitrogens with one attached hydrogen (secondary N) is 1. The molecule has 44 valence electrons. The summed E-state index contributed by atoms with van der Waals surface area (Å²) in [6.45, 7) is 1.78. The van der Waals surface area contributed by atoms with Crippen molar-refractivity contribution in [3.8, 4) is 0 Å². The second-order valence-corrected chi connectivity index (χ2v) is 1.55. The molecular formula is C3H12N4. The van der Waals surface area contributed by atoms with Crippen LogP contribution in [0.25, 0.3) is 0 Å². The molecule has 0 saturated heterocycles. The molecule has 0 aliphatic carbocycles. The minimum absolute atomic E-state index is 0.0926. The first-order valence-corrected chi connectivity index (χ1v) is 2.15. The van der Waals surface area contributed by atoms with Gasteiger partial charge in [-0.2, -0.15) is 0 Å². The molecule has 0 spiro atoms. The summed E-state index contributed by atoms with van der Waals surface area (Å²) in [6, 6.07) is -0.0926. The van der Waals surface area contributed by atoms with E-state index in [0.29, 0.717) is 0 Å². The highest BCUT2D eigenvalue weighted by molar-refractivity contribution is 4.64. The zero-order chi connectivity index (χ0) is 5.86. The van der Waals surface area contributed by atoms with Crippen molar-refractivity contribution in [2.45, 2.75) is 19.1 Å². The van der Waals surface area contributed by atoms with Crippen LogP contribution in [0.2, 0.25) is 0 Å². The Hall–Kier alpha value is -0.160. The molecule has 0 saturated carbocycles. The van der Waals surface area contributed by atoms with Gasteiger partial charge in [-0.05, 0) is 6.92 Å². The molecule has 0 rings (SSSR count). The van der Waals surface area contributed by atoms with E-state index in [-0.39, 0.29) is 12.2 Å². The Balaban J connectivity index is 3.14. The third-order valence-corrected chi connectivity index (χ3v) is 0.759. The molecule has 0 heterocycles. The van der Waals surface area contributed by atoms with Crippen molar-refractivity contribution in [3.05, 3.63) is 0 Å². The van der Waals surface area contributed by atoms with E-state index in [1.54, 1.807) is 6.92 Å². The molecule has 7 N–H and O–H groups in total. The minimum atomic E-state index is -0.292. The Bertz CT molecular complexity index is 44.2. The van der Waals surface area contributed by atoms with E-state index in [9.17, 15) is 0 Å². The number of hydrogen-bond acceptors (Lipinski definition) is 4. The summed E-state index contributed by atoms with van der Waals surface area (Å²) < 4.78 is 0. The monoisotopic (exact) mass is 104 g/mol. The first kappa shape index (κ1) is 6.84. The van der Waals surface area contributed by atoms with Gasteiger partial charge in [0.1, 0.15) is 0 Å². The summed E-state index contributed by atoms with van der Waals surface area (Å²) in [7, 11) is 0. The van der Waals surface area contributed by atoms with Crippen LogP contribution >= 0.6 is 0 Å². The molecule has 2 atom stereocenters. The Morgan fingerprint density at radius 2 is 1.86 bits per heavy atom. The molecule has 0 aromatic heterocycles. The lowest BCUT2D eigenvalue weighted by molar-refractivity contribution is 0.472. The van der Waals surface area contributed by atoms with Gasteiger partial charge >= 0.3 is 0 Å². The topological polar surface area (TPSA) is 90.1 Å². The summed E-state index contributed by atoms with van der Waals surface area (Å²) in [6.07, 6.45) is -0.292. The standard InChI is InChI=1S/C3H12N4/c1-2(4)3(5)7-6/h2-3,7H,4-6H2,1H3. The van der Waals surface area contributed by atoms with E-state index in [0.717, 1.165) is 0 Å². The molecule has 0 aromatic carbocycles. The number of hydrazine groups is 1. The Morgan fingerprint density at radius 1 is 1.43 bits per heavy atom. The van der Waals surface area contributed by atoms with Crippen molar-refractivity contribution in [1.29, 1.82) is 0 Å². The first-order chi connectivity index (χ1) is 3.18. The van der Waals surface area contributed by atoms with E-state index in [1.165, 1.54) is 0 Å². The predicted octanol–water partition coefficient (Wildman–Crippen LogP) is -1.92. The maximum Gasteiger partial charge on any atom is 0.0827 e. The summed E-state index contributed by atoms with van der Waals surface area (Å²) in [5.74, 6) is 4.92. The Morgan fingerprint density at radius 3 is 1.86 bits per heavy atom. The van der Waals surface area contributed by atoms with Gasteiger partial charge in [0.05, 0.1) is 6.17 Å². The van der Waals surface area contributed by atoms with E-state index in [2.05, 4.69) is 5.43 Å². The van der Waals surface area contributed by atoms with Gasteiger partial charge in [0.2, 0.25) is 0 Å². The Labute approximate surface area is 43.0 Å². The number of hydrogen-bond donors (Lipinski definition) is 4. The number of rotatable bonds is 2. The van der Waals surface area contributed by atoms with Gasteiger partial charge in [-0.1, -0.05) is 0 Å². The Kier molecular flexibility index (Phi) is 2.86. The van der Waals surface area contributed by atoms with Gasteiger partial charge in [-0.3, -0.25) is 5.84 Å². The lowest BCUT2D eigenvalue weighted by Crippen LogP contribution is -2.52. The van der Waals surface area contributed by atoms with E-state index in [4.69, 9.17) is 17.3 Å². The second kappa shape index (κ2) is 2.92. The maximum absolute atomic E-state index is 5.28. The largest absolute Gasteiger partial charge is 0.325 e. The van der Waals surface area contributed by atoms with Gasteiger partial charge in [-0.15, -0.1) is 0 Å². The van der Waals surface area contributed by atoms with E-state index < -0.39 is 0 Å². The van der Waals surface area contributed by atoms with E-state index >= 15 is 0 Å². The van der Waals surface area contributed by atoms with Gasteiger partial charge < -0.3 is 11.5 Å². The third-order valence-electron chi connectivity index (χ3n) is 0.759. The predicted molar refractivity (Wildman–Crippen MR) is 28.9 cm³/mol. The lowest BCUT2D eigenvalue weighted by Gasteiger charge is -2.12. The molecule has 4 nitrogen and oxygen atoms in total. The van der Waals surface area contributed by atoms with Crippen LogP contribution in [-0.4, -0.2) is 12.2 Å². The molecular weight excluding hydrogens is 92.1 g/mol. The van der Waals surface area contributed by atoms with Crippen molar-refractivity contribution in [2.75, 3.05) is 0 Å². The average molecular weight is 104 g/mol. The third kappa shape index (κ3) is 2.52. The molecule has 0 fully saturated rings. The van der Waals surface area contributed by atoms with E-state index in [1.807, 2.05) is 0 Å². The summed E-state index contributed by atoms with van der Waals surface area (Å²) in [4.78, 5) is 0. The van der Waals surface area contributed by atoms with Crippen LogP contribution in [0.1, 0.15) is 6.92 Å². The van der Waals surface area contributed by atoms with Crippen LogP contribution in [0, 0.1) is 0 Å². The van der Waals surface area contributed by atoms with Crippen LogP contribution in [0.3, 0.4) is 0 Å². The second-order valence-electron chi connectivity index (χ2n) is 1.55. The molecule has 2 unspecified atom stereocenters. The van der Waals surface area contributed by atoms with Gasteiger partial charge in [-0.25, -0.2) is 5.43 Å². The average Bonchev–Trinajstić information content (AvgIpc) is 1.65. The molecule has 7 heavy (non-hydrogen) atoms. The zero-order valence-corrected chi connectivity index (χ0v) is 4.39. The van der Waals surface area contributed by atoms with Gasteiger partial charge in [0.15, 0.2) is 0 Å². The van der Waals surface area contributed by atoms with Crippen molar-refractivity contribution in [2.24, 2.45) is 17.3 Å². The van der Waals surface area contributed by atoms with Crippen LogP contribution in [0.4, 0.5) is 0 Å². The fraction of sp³-hybridized carbons (Fsp3) is 1.00. The highest BCUT2D eigenvalue weighted by atomic mass is 15.3.